The van der Waals surface area contributed by atoms with E-state index in [0.717, 1.165) is 0 Å². The average molecular weight is 198 g/mol. The summed E-state index contributed by atoms with van der Waals surface area (Å²) in [6.45, 7) is 0. The van der Waals surface area contributed by atoms with Gasteiger partial charge in [-0.3, -0.25) is 0 Å². The molecular formula is C2Cl4O2. The number of carbonyl (C=O) groups is 1. The summed E-state index contributed by atoms with van der Waals surface area (Å²) < 4.78 is 1.48. The van der Waals surface area contributed by atoms with Crippen molar-refractivity contribution in [3.63, 3.8) is 0 Å². The summed E-state index contributed by atoms with van der Waals surface area (Å²) in [6.07, 6.45) is 0. The second-order valence-corrected chi connectivity index (χ2v) is 3.30. The van der Waals surface area contributed by atoms with Crippen molar-refractivity contribution in [3.8, 4) is 0 Å². The van der Waals surface area contributed by atoms with Crippen molar-refractivity contribution in [2.75, 3.05) is 0 Å². The number of hydrogen-bond acceptors (Lipinski definition) is 2. The van der Waals surface area contributed by atoms with Gasteiger partial charge in [-0.2, -0.15) is 0 Å². The Balaban J connectivity index is 3.82. The highest BCUT2D eigenvalue weighted by atomic mass is 35.6. The van der Waals surface area contributed by atoms with Gasteiger partial charge in [-0.15, -0.1) is 0 Å². The van der Waals surface area contributed by atoms with E-state index in [1.165, 1.54) is 0 Å². The third-order valence-electron chi connectivity index (χ3n) is 0.302. The Morgan fingerprint density at radius 3 is 1.75 bits per heavy atom. The fourth-order valence-electron chi connectivity index (χ4n) is 0.0437. The van der Waals surface area contributed by atoms with Crippen LogP contribution in [0, 0.1) is 0 Å². The van der Waals surface area contributed by atoms with Gasteiger partial charge in [-0.05, 0) is 0 Å². The standard InChI is InChI=1S/C2Cl4O2/c3-2(4,5)1(7)8-6. The molecule has 0 aliphatic heterocycles. The first kappa shape index (κ1) is 8.63. The van der Waals surface area contributed by atoms with Gasteiger partial charge in [0.15, 0.2) is 0 Å². The van der Waals surface area contributed by atoms with Crippen molar-refractivity contribution < 1.29 is 9.08 Å². The lowest BCUT2D eigenvalue weighted by Gasteiger charge is -2.02. The van der Waals surface area contributed by atoms with E-state index in [4.69, 9.17) is 34.8 Å². The van der Waals surface area contributed by atoms with E-state index in [2.05, 4.69) is 16.2 Å². The fraction of sp³-hybridized carbons (Fsp3) is 0.500. The third-order valence-corrected chi connectivity index (χ3v) is 0.905. The summed E-state index contributed by atoms with van der Waals surface area (Å²) in [7, 11) is 0. The first-order valence-electron chi connectivity index (χ1n) is 1.38. The molecule has 6 heteroatoms. The Labute approximate surface area is 65.8 Å². The molecule has 0 aromatic heterocycles. The molecule has 0 heterocycles. The topological polar surface area (TPSA) is 26.3 Å². The molecule has 0 unspecified atom stereocenters. The van der Waals surface area contributed by atoms with Crippen LogP contribution < -0.4 is 0 Å². The van der Waals surface area contributed by atoms with Crippen molar-refractivity contribution in [2.45, 2.75) is 3.79 Å². The molecule has 0 fully saturated rings. The highest BCUT2D eigenvalue weighted by Gasteiger charge is 2.32. The maximum absolute atomic E-state index is 10.1. The lowest BCUT2D eigenvalue weighted by molar-refractivity contribution is -0.132. The smallest absolute Gasteiger partial charge is 0.343 e. The monoisotopic (exact) mass is 196 g/mol. The molecule has 0 radical (unpaired) electrons. The van der Waals surface area contributed by atoms with Crippen LogP contribution >= 0.6 is 46.7 Å². The van der Waals surface area contributed by atoms with Gasteiger partial charge < -0.3 is 4.29 Å². The molecule has 0 spiro atoms. The summed E-state index contributed by atoms with van der Waals surface area (Å²) in [5, 5.41) is 0. The van der Waals surface area contributed by atoms with E-state index < -0.39 is 9.76 Å². The van der Waals surface area contributed by atoms with Crippen LogP contribution in [0.25, 0.3) is 0 Å². The van der Waals surface area contributed by atoms with E-state index >= 15 is 0 Å². The molecule has 2 nitrogen and oxygen atoms in total. The van der Waals surface area contributed by atoms with E-state index in [1.54, 1.807) is 0 Å². The van der Waals surface area contributed by atoms with E-state index in [1.807, 2.05) is 0 Å². The highest BCUT2D eigenvalue weighted by Crippen LogP contribution is 2.27. The number of hydrogen-bond donors (Lipinski definition) is 0. The van der Waals surface area contributed by atoms with Gasteiger partial charge in [0.05, 0.1) is 0 Å². The Hall–Kier alpha value is 0.630. The van der Waals surface area contributed by atoms with Crippen LogP contribution in [0.5, 0.6) is 0 Å². The molecule has 48 valence electrons. The quantitative estimate of drug-likeness (QED) is 0.556. The van der Waals surface area contributed by atoms with E-state index in [0.29, 0.717) is 0 Å². The SMILES string of the molecule is O=C(OCl)C(Cl)(Cl)Cl. The Morgan fingerprint density at radius 2 is 1.75 bits per heavy atom. The first-order chi connectivity index (χ1) is 3.48. The van der Waals surface area contributed by atoms with Gasteiger partial charge in [0.2, 0.25) is 0 Å². The van der Waals surface area contributed by atoms with Crippen LogP contribution in [-0.2, 0) is 9.08 Å². The maximum Gasteiger partial charge on any atom is 0.376 e. The number of alkyl halides is 3. The van der Waals surface area contributed by atoms with Crippen LogP contribution in [0.1, 0.15) is 0 Å². The zero-order valence-corrected chi connectivity index (χ0v) is 6.35. The Morgan fingerprint density at radius 1 is 1.38 bits per heavy atom. The minimum Gasteiger partial charge on any atom is -0.343 e. The number of rotatable bonds is 0. The average Bonchev–Trinajstić information content (AvgIpc) is 1.62. The molecule has 0 rings (SSSR count). The normalized spacial score (nSPS) is 11.0. The lowest BCUT2D eigenvalue weighted by atomic mass is 10.8. The Bertz CT molecular complexity index is 94.7. The van der Waals surface area contributed by atoms with Gasteiger partial charge in [0, 0.05) is 0 Å². The predicted octanol–water partition coefficient (Wildman–Crippen LogP) is 2.05. The molecule has 0 bridgehead atoms. The van der Waals surface area contributed by atoms with Crippen molar-refractivity contribution in [1.82, 2.24) is 0 Å². The van der Waals surface area contributed by atoms with Gasteiger partial charge >= 0.3 is 5.97 Å². The van der Waals surface area contributed by atoms with Gasteiger partial charge in [0.1, 0.15) is 11.9 Å². The van der Waals surface area contributed by atoms with Crippen LogP contribution in [0.15, 0.2) is 0 Å². The minimum atomic E-state index is -2.07. The van der Waals surface area contributed by atoms with E-state index in [-0.39, 0.29) is 0 Å². The molecule has 0 aromatic rings. The van der Waals surface area contributed by atoms with Crippen molar-refractivity contribution in [3.05, 3.63) is 0 Å². The molecular weight excluding hydrogens is 198 g/mol. The highest BCUT2D eigenvalue weighted by molar-refractivity contribution is 6.76. The summed E-state index contributed by atoms with van der Waals surface area (Å²) in [5.41, 5.74) is 0. The van der Waals surface area contributed by atoms with Gasteiger partial charge in [-0.1, -0.05) is 34.8 Å². The Kier molecular flexibility index (Phi) is 3.20. The van der Waals surface area contributed by atoms with Crippen molar-refractivity contribution >= 4 is 52.6 Å². The predicted molar refractivity (Wildman–Crippen MR) is 32.2 cm³/mol. The summed E-state index contributed by atoms with van der Waals surface area (Å²) in [5.74, 6) is -1.11. The third kappa shape index (κ3) is 2.82. The maximum atomic E-state index is 10.1. The summed E-state index contributed by atoms with van der Waals surface area (Å²) in [6, 6.07) is 0. The lowest BCUT2D eigenvalue weighted by Crippen LogP contribution is -2.17. The molecule has 0 saturated heterocycles. The summed E-state index contributed by atoms with van der Waals surface area (Å²) >= 11 is 19.4. The van der Waals surface area contributed by atoms with Crippen molar-refractivity contribution in [2.24, 2.45) is 0 Å². The van der Waals surface area contributed by atoms with Gasteiger partial charge in [-0.25, -0.2) is 4.79 Å². The second kappa shape index (κ2) is 2.97. The first-order valence-corrected chi connectivity index (χ1v) is 2.82. The number of carbonyl (C=O) groups excluding carboxylic acids is 1. The molecule has 0 aliphatic rings. The molecule has 0 N–H and O–H groups in total. The molecule has 0 aliphatic carbocycles. The minimum absolute atomic E-state index is 1.11. The van der Waals surface area contributed by atoms with Gasteiger partial charge in [0.25, 0.3) is 3.79 Å². The van der Waals surface area contributed by atoms with Crippen LogP contribution in [-0.4, -0.2) is 9.76 Å². The zero-order chi connectivity index (χ0) is 6.78. The van der Waals surface area contributed by atoms with Crippen LogP contribution in [0.3, 0.4) is 0 Å². The summed E-state index contributed by atoms with van der Waals surface area (Å²) in [4.78, 5) is 10.1. The largest absolute Gasteiger partial charge is 0.376 e. The molecule has 0 amide bonds. The molecule has 0 atom stereocenters. The second-order valence-electron chi connectivity index (χ2n) is 0.862. The molecule has 8 heavy (non-hydrogen) atoms. The van der Waals surface area contributed by atoms with E-state index in [9.17, 15) is 4.79 Å². The fourth-order valence-corrected chi connectivity index (χ4v) is 0.394. The van der Waals surface area contributed by atoms with Crippen LogP contribution in [0.2, 0.25) is 0 Å². The van der Waals surface area contributed by atoms with Crippen molar-refractivity contribution in [1.29, 1.82) is 0 Å². The zero-order valence-electron chi connectivity index (χ0n) is 3.33. The van der Waals surface area contributed by atoms with Crippen LogP contribution in [0.4, 0.5) is 0 Å². The molecule has 0 aromatic carbocycles. The number of halogens is 4. The molecule has 0 saturated carbocycles.